The average Bonchev–Trinajstić information content (AvgIpc) is 2.55. The minimum absolute atomic E-state index is 0.123. The first kappa shape index (κ1) is 16.6. The predicted molar refractivity (Wildman–Crippen MR) is 97.1 cm³/mol. The second kappa shape index (κ2) is 6.71. The summed E-state index contributed by atoms with van der Waals surface area (Å²) in [6.07, 6.45) is 0. The largest absolute Gasteiger partial charge is 0.351 e. The van der Waals surface area contributed by atoms with E-state index in [1.165, 1.54) is 19.1 Å². The fourth-order valence-corrected chi connectivity index (χ4v) is 3.20. The minimum Gasteiger partial charge on any atom is -0.351 e. The summed E-state index contributed by atoms with van der Waals surface area (Å²) < 4.78 is 13.2. The topological polar surface area (TPSA) is 41.1 Å². The molecule has 1 aliphatic heterocycles. The molecule has 6 heteroatoms. The number of Topliss-reactive ketones (excluding diaryl/α,β-unsaturated/α-hetero) is 1. The van der Waals surface area contributed by atoms with Crippen molar-refractivity contribution in [3.63, 3.8) is 0 Å². The number of ketones is 1. The quantitative estimate of drug-likeness (QED) is 0.812. The highest BCUT2D eigenvalue weighted by atomic mass is 35.5. The number of nitrogens with one attached hydrogen (secondary N) is 2. The lowest BCUT2D eigenvalue weighted by atomic mass is 9.90. The number of benzene rings is 2. The number of carbonyl (C=O) groups excluding carboxylic acids is 1. The summed E-state index contributed by atoms with van der Waals surface area (Å²) in [5.74, 6) is -0.468. The van der Waals surface area contributed by atoms with Gasteiger partial charge >= 0.3 is 0 Å². The second-order valence-electron chi connectivity index (χ2n) is 5.40. The van der Waals surface area contributed by atoms with E-state index < -0.39 is 6.04 Å². The van der Waals surface area contributed by atoms with E-state index in [0.717, 1.165) is 5.56 Å². The molecule has 3 nitrogen and oxygen atoms in total. The van der Waals surface area contributed by atoms with Crippen molar-refractivity contribution in [2.24, 2.45) is 0 Å². The number of thiocarbonyl (C=S) groups is 1. The van der Waals surface area contributed by atoms with Crippen LogP contribution in [0.25, 0.3) is 5.70 Å². The molecule has 0 aromatic heterocycles. The summed E-state index contributed by atoms with van der Waals surface area (Å²) in [7, 11) is 0. The van der Waals surface area contributed by atoms with Gasteiger partial charge in [0, 0.05) is 10.6 Å². The van der Waals surface area contributed by atoms with E-state index in [1.807, 2.05) is 18.2 Å². The molecule has 1 heterocycles. The van der Waals surface area contributed by atoms with Crippen LogP contribution in [0.2, 0.25) is 5.02 Å². The Balaban J connectivity index is 2.20. The van der Waals surface area contributed by atoms with E-state index in [4.69, 9.17) is 23.8 Å². The van der Waals surface area contributed by atoms with Crippen LogP contribution >= 0.6 is 23.8 Å². The van der Waals surface area contributed by atoms with Crippen LogP contribution < -0.4 is 10.6 Å². The summed E-state index contributed by atoms with van der Waals surface area (Å²) in [5, 5.41) is 7.03. The molecule has 2 aromatic rings. The molecule has 0 saturated carbocycles. The van der Waals surface area contributed by atoms with Gasteiger partial charge < -0.3 is 10.6 Å². The van der Waals surface area contributed by atoms with Crippen LogP contribution in [0, 0.1) is 5.82 Å². The number of hydrogen-bond acceptors (Lipinski definition) is 2. The van der Waals surface area contributed by atoms with Gasteiger partial charge in [0.2, 0.25) is 0 Å². The molecule has 0 aliphatic carbocycles. The molecular weight excluding hydrogens is 347 g/mol. The Kier molecular flexibility index (Phi) is 4.64. The molecule has 1 aliphatic rings. The SMILES string of the molecule is CC(=O)C1=C(c2ccc(F)cc2)NC(=S)N[C@H]1c1ccccc1Cl. The summed E-state index contributed by atoms with van der Waals surface area (Å²) in [4.78, 5) is 12.4. The van der Waals surface area contributed by atoms with Crippen molar-refractivity contribution in [2.45, 2.75) is 13.0 Å². The molecule has 0 radical (unpaired) electrons. The average molecular weight is 361 g/mol. The molecule has 2 N–H and O–H groups in total. The van der Waals surface area contributed by atoms with E-state index in [2.05, 4.69) is 10.6 Å². The van der Waals surface area contributed by atoms with Gasteiger partial charge in [0.15, 0.2) is 10.9 Å². The van der Waals surface area contributed by atoms with Crippen molar-refractivity contribution in [3.05, 3.63) is 76.1 Å². The fraction of sp³-hybridized carbons (Fsp3) is 0.111. The third-order valence-corrected chi connectivity index (χ3v) is 4.36. The van der Waals surface area contributed by atoms with Crippen molar-refractivity contribution in [3.8, 4) is 0 Å². The Bertz CT molecular complexity index is 848. The van der Waals surface area contributed by atoms with Crippen LogP contribution in [-0.2, 0) is 4.79 Å². The van der Waals surface area contributed by atoms with Crippen LogP contribution in [0.15, 0.2) is 54.1 Å². The molecule has 0 unspecified atom stereocenters. The fourth-order valence-electron chi connectivity index (χ4n) is 2.73. The van der Waals surface area contributed by atoms with Crippen LogP contribution in [0.4, 0.5) is 4.39 Å². The highest BCUT2D eigenvalue weighted by molar-refractivity contribution is 7.80. The molecular formula is C18H14ClFN2OS. The second-order valence-corrected chi connectivity index (χ2v) is 6.22. The number of carbonyl (C=O) groups is 1. The first-order chi connectivity index (χ1) is 11.5. The van der Waals surface area contributed by atoms with Gasteiger partial charge in [-0.2, -0.15) is 0 Å². The van der Waals surface area contributed by atoms with Gasteiger partial charge in [0.05, 0.1) is 11.7 Å². The van der Waals surface area contributed by atoms with Gasteiger partial charge in [-0.15, -0.1) is 0 Å². The van der Waals surface area contributed by atoms with Crippen molar-refractivity contribution >= 4 is 40.4 Å². The molecule has 0 amide bonds. The van der Waals surface area contributed by atoms with Crippen molar-refractivity contribution in [1.82, 2.24) is 10.6 Å². The maximum absolute atomic E-state index is 13.2. The Morgan fingerprint density at radius 2 is 1.83 bits per heavy atom. The maximum Gasteiger partial charge on any atom is 0.171 e. The zero-order valence-corrected chi connectivity index (χ0v) is 14.3. The Morgan fingerprint density at radius 3 is 2.46 bits per heavy atom. The third-order valence-electron chi connectivity index (χ3n) is 3.80. The lowest BCUT2D eigenvalue weighted by molar-refractivity contribution is -0.113. The van der Waals surface area contributed by atoms with Crippen LogP contribution in [0.1, 0.15) is 24.1 Å². The van der Waals surface area contributed by atoms with Gasteiger partial charge in [-0.25, -0.2) is 4.39 Å². The first-order valence-corrected chi connectivity index (χ1v) is 8.09. The number of halogens is 2. The molecule has 24 heavy (non-hydrogen) atoms. The lowest BCUT2D eigenvalue weighted by Gasteiger charge is -2.31. The summed E-state index contributed by atoms with van der Waals surface area (Å²) in [6.45, 7) is 1.49. The smallest absolute Gasteiger partial charge is 0.171 e. The van der Waals surface area contributed by atoms with E-state index in [1.54, 1.807) is 18.2 Å². The van der Waals surface area contributed by atoms with Gasteiger partial charge in [0.1, 0.15) is 5.82 Å². The first-order valence-electron chi connectivity index (χ1n) is 7.30. The Morgan fingerprint density at radius 1 is 1.17 bits per heavy atom. The molecule has 0 saturated heterocycles. The molecule has 0 bridgehead atoms. The van der Waals surface area contributed by atoms with Gasteiger partial charge in [-0.1, -0.05) is 29.8 Å². The minimum atomic E-state index is -0.468. The molecule has 3 rings (SSSR count). The maximum atomic E-state index is 13.2. The molecule has 1 atom stereocenters. The van der Waals surface area contributed by atoms with Crippen LogP contribution in [0.5, 0.6) is 0 Å². The lowest BCUT2D eigenvalue weighted by Crippen LogP contribution is -2.44. The van der Waals surface area contributed by atoms with Gasteiger partial charge in [-0.3, -0.25) is 4.79 Å². The van der Waals surface area contributed by atoms with Crippen molar-refractivity contribution in [1.29, 1.82) is 0 Å². The van der Waals surface area contributed by atoms with E-state index in [-0.39, 0.29) is 11.6 Å². The summed E-state index contributed by atoms with van der Waals surface area (Å²) >= 11 is 11.6. The van der Waals surface area contributed by atoms with Crippen molar-refractivity contribution in [2.75, 3.05) is 0 Å². The number of rotatable bonds is 3. The molecule has 122 valence electrons. The predicted octanol–water partition coefficient (Wildman–Crippen LogP) is 4.00. The zero-order chi connectivity index (χ0) is 17.3. The monoisotopic (exact) mass is 360 g/mol. The molecule has 0 fully saturated rings. The molecule has 2 aromatic carbocycles. The van der Waals surface area contributed by atoms with Gasteiger partial charge in [-0.05, 0) is 60.6 Å². The third kappa shape index (κ3) is 3.18. The Labute approximate surface area is 149 Å². The Hall–Kier alpha value is -2.24. The van der Waals surface area contributed by atoms with Crippen LogP contribution in [0.3, 0.4) is 0 Å². The van der Waals surface area contributed by atoms with E-state index in [9.17, 15) is 9.18 Å². The summed E-state index contributed by atoms with van der Waals surface area (Å²) in [6, 6.07) is 12.7. The van der Waals surface area contributed by atoms with E-state index >= 15 is 0 Å². The summed E-state index contributed by atoms with van der Waals surface area (Å²) in [5.41, 5.74) is 2.51. The van der Waals surface area contributed by atoms with Crippen molar-refractivity contribution < 1.29 is 9.18 Å². The van der Waals surface area contributed by atoms with Gasteiger partial charge in [0.25, 0.3) is 0 Å². The number of hydrogen-bond donors (Lipinski definition) is 2. The molecule has 0 spiro atoms. The highest BCUT2D eigenvalue weighted by Crippen LogP contribution is 2.34. The van der Waals surface area contributed by atoms with E-state index in [0.29, 0.717) is 27.0 Å². The zero-order valence-electron chi connectivity index (χ0n) is 12.8. The standard InChI is InChI=1S/C18H14ClFN2OS/c1-10(23)15-16(11-6-8-12(20)9-7-11)21-18(24)22-17(15)13-4-2-3-5-14(13)19/h2-9,17H,1H3,(H2,21,22,24)/t17-/m0/s1. The normalized spacial score (nSPS) is 17.3. The highest BCUT2D eigenvalue weighted by Gasteiger charge is 2.31. The van der Waals surface area contributed by atoms with Crippen LogP contribution in [-0.4, -0.2) is 10.9 Å².